The van der Waals surface area contributed by atoms with E-state index in [-0.39, 0.29) is 0 Å². The van der Waals surface area contributed by atoms with Crippen molar-refractivity contribution in [1.82, 2.24) is 19.9 Å². The number of hydrogen-bond donors (Lipinski definition) is 0. The Labute approximate surface area is 131 Å². The largest absolute Gasteiger partial charge is 0.292 e. The maximum absolute atomic E-state index is 4.83. The standard InChI is InChI=1S/C18H22N4/c1-2-7-14(6-1)22-13-5-9-17(22)15-10-12-20-18(21-15)16-8-3-4-11-19-16/h3-4,8,10-12,14,17H,1-2,5-7,9,13H2. The van der Waals surface area contributed by atoms with Gasteiger partial charge in [0.25, 0.3) is 0 Å². The van der Waals surface area contributed by atoms with Crippen LogP contribution in [0.1, 0.15) is 50.3 Å². The number of likely N-dealkylation sites (tertiary alicyclic amines) is 1. The zero-order valence-corrected chi connectivity index (χ0v) is 12.9. The summed E-state index contributed by atoms with van der Waals surface area (Å²) in [6.45, 7) is 1.22. The topological polar surface area (TPSA) is 41.9 Å². The molecular weight excluding hydrogens is 272 g/mol. The molecule has 1 aliphatic carbocycles. The summed E-state index contributed by atoms with van der Waals surface area (Å²) in [5.74, 6) is 0.747. The van der Waals surface area contributed by atoms with Crippen molar-refractivity contribution < 1.29 is 0 Å². The molecule has 0 bridgehead atoms. The van der Waals surface area contributed by atoms with Gasteiger partial charge in [-0.2, -0.15) is 0 Å². The molecule has 4 nitrogen and oxygen atoms in total. The highest BCUT2D eigenvalue weighted by atomic mass is 15.2. The molecule has 0 aromatic carbocycles. The first-order chi connectivity index (χ1) is 10.9. The minimum absolute atomic E-state index is 0.466. The van der Waals surface area contributed by atoms with Crippen molar-refractivity contribution in [2.75, 3.05) is 6.54 Å². The minimum Gasteiger partial charge on any atom is -0.292 e. The van der Waals surface area contributed by atoms with Crippen LogP contribution in [0.5, 0.6) is 0 Å². The molecule has 2 fully saturated rings. The molecule has 1 saturated heterocycles. The Morgan fingerprint density at radius 2 is 1.82 bits per heavy atom. The van der Waals surface area contributed by atoms with E-state index in [1.165, 1.54) is 50.8 Å². The van der Waals surface area contributed by atoms with Crippen LogP contribution in [0.2, 0.25) is 0 Å². The number of nitrogens with zero attached hydrogens (tertiary/aromatic N) is 4. The number of aromatic nitrogens is 3. The third kappa shape index (κ3) is 2.63. The monoisotopic (exact) mass is 294 g/mol. The van der Waals surface area contributed by atoms with Gasteiger partial charge in [-0.15, -0.1) is 0 Å². The van der Waals surface area contributed by atoms with Gasteiger partial charge in [-0.05, 0) is 50.4 Å². The van der Waals surface area contributed by atoms with Crippen LogP contribution in [0, 0.1) is 0 Å². The molecule has 0 spiro atoms. The van der Waals surface area contributed by atoms with Gasteiger partial charge in [0.05, 0.1) is 11.7 Å². The van der Waals surface area contributed by atoms with Crippen LogP contribution >= 0.6 is 0 Å². The Bertz CT molecular complexity index is 622. The zero-order chi connectivity index (χ0) is 14.8. The molecular formula is C18H22N4. The van der Waals surface area contributed by atoms with E-state index < -0.39 is 0 Å². The molecule has 2 aromatic rings. The van der Waals surface area contributed by atoms with Crippen LogP contribution in [0.15, 0.2) is 36.7 Å². The fraction of sp³-hybridized carbons (Fsp3) is 0.500. The lowest BCUT2D eigenvalue weighted by molar-refractivity contribution is 0.180. The van der Waals surface area contributed by atoms with Crippen molar-refractivity contribution >= 4 is 0 Å². The minimum atomic E-state index is 0.466. The van der Waals surface area contributed by atoms with Crippen LogP contribution < -0.4 is 0 Å². The summed E-state index contributed by atoms with van der Waals surface area (Å²) in [7, 11) is 0. The maximum atomic E-state index is 4.83. The van der Waals surface area contributed by atoms with E-state index in [0.29, 0.717) is 6.04 Å². The Morgan fingerprint density at radius 3 is 2.64 bits per heavy atom. The summed E-state index contributed by atoms with van der Waals surface area (Å²) in [4.78, 5) is 16.3. The first-order valence-electron chi connectivity index (χ1n) is 8.42. The van der Waals surface area contributed by atoms with Crippen LogP contribution in [0.3, 0.4) is 0 Å². The second kappa shape index (κ2) is 6.13. The molecule has 0 amide bonds. The van der Waals surface area contributed by atoms with E-state index in [9.17, 15) is 0 Å². The molecule has 1 saturated carbocycles. The molecule has 2 aliphatic rings. The summed E-state index contributed by atoms with van der Waals surface area (Å²) in [6, 6.07) is 9.20. The van der Waals surface area contributed by atoms with Gasteiger partial charge in [0, 0.05) is 18.4 Å². The summed E-state index contributed by atoms with van der Waals surface area (Å²) in [5, 5.41) is 0. The molecule has 1 aliphatic heterocycles. The van der Waals surface area contributed by atoms with Gasteiger partial charge in [0.2, 0.25) is 0 Å². The third-order valence-electron chi connectivity index (χ3n) is 5.00. The molecule has 1 atom stereocenters. The molecule has 114 valence electrons. The highest BCUT2D eigenvalue weighted by Crippen LogP contribution is 2.37. The Balaban J connectivity index is 1.62. The summed E-state index contributed by atoms with van der Waals surface area (Å²) in [5.41, 5.74) is 2.02. The van der Waals surface area contributed by atoms with Gasteiger partial charge < -0.3 is 0 Å². The van der Waals surface area contributed by atoms with E-state index in [2.05, 4.69) is 20.9 Å². The average Bonchev–Trinajstić information content (AvgIpc) is 3.27. The second-order valence-electron chi connectivity index (χ2n) is 6.35. The zero-order valence-electron chi connectivity index (χ0n) is 12.9. The van der Waals surface area contributed by atoms with Crippen LogP contribution in [0.25, 0.3) is 11.5 Å². The van der Waals surface area contributed by atoms with Crippen molar-refractivity contribution in [2.45, 2.75) is 50.6 Å². The van der Waals surface area contributed by atoms with Crippen molar-refractivity contribution in [3.63, 3.8) is 0 Å². The highest BCUT2D eigenvalue weighted by Gasteiger charge is 2.34. The first-order valence-corrected chi connectivity index (χ1v) is 8.42. The van der Waals surface area contributed by atoms with Gasteiger partial charge in [-0.3, -0.25) is 9.88 Å². The molecule has 2 aromatic heterocycles. The average molecular weight is 294 g/mol. The summed E-state index contributed by atoms with van der Waals surface area (Å²) >= 11 is 0. The van der Waals surface area contributed by atoms with E-state index in [0.717, 1.165) is 17.6 Å². The number of rotatable bonds is 3. The van der Waals surface area contributed by atoms with Gasteiger partial charge in [0.15, 0.2) is 5.82 Å². The Morgan fingerprint density at radius 1 is 0.909 bits per heavy atom. The molecule has 3 heterocycles. The maximum Gasteiger partial charge on any atom is 0.178 e. The quantitative estimate of drug-likeness (QED) is 0.867. The fourth-order valence-corrected chi connectivity index (χ4v) is 3.96. The lowest BCUT2D eigenvalue weighted by Gasteiger charge is -2.30. The van der Waals surface area contributed by atoms with Gasteiger partial charge in [-0.25, -0.2) is 9.97 Å². The fourth-order valence-electron chi connectivity index (χ4n) is 3.96. The second-order valence-corrected chi connectivity index (χ2v) is 6.35. The molecule has 22 heavy (non-hydrogen) atoms. The van der Waals surface area contributed by atoms with E-state index in [1.807, 2.05) is 24.4 Å². The highest BCUT2D eigenvalue weighted by molar-refractivity contribution is 5.48. The predicted octanol–water partition coefficient (Wildman–Crippen LogP) is 3.62. The third-order valence-corrected chi connectivity index (χ3v) is 5.00. The SMILES string of the molecule is c1ccc(-c2nccc(C3CCCN3C3CCCC3)n2)nc1. The van der Waals surface area contributed by atoms with E-state index in [1.54, 1.807) is 6.20 Å². The van der Waals surface area contributed by atoms with E-state index >= 15 is 0 Å². The van der Waals surface area contributed by atoms with Crippen LogP contribution in [0.4, 0.5) is 0 Å². The van der Waals surface area contributed by atoms with Crippen molar-refractivity contribution in [2.24, 2.45) is 0 Å². The van der Waals surface area contributed by atoms with E-state index in [4.69, 9.17) is 4.98 Å². The number of pyridine rings is 1. The molecule has 4 heteroatoms. The molecule has 1 unspecified atom stereocenters. The Hall–Kier alpha value is -1.81. The Kier molecular flexibility index (Phi) is 3.85. The van der Waals surface area contributed by atoms with Crippen molar-refractivity contribution in [3.8, 4) is 11.5 Å². The lowest BCUT2D eigenvalue weighted by atomic mass is 10.1. The van der Waals surface area contributed by atoms with Gasteiger partial charge >= 0.3 is 0 Å². The first kappa shape index (κ1) is 13.8. The van der Waals surface area contributed by atoms with Crippen molar-refractivity contribution in [1.29, 1.82) is 0 Å². The van der Waals surface area contributed by atoms with Crippen molar-refractivity contribution in [3.05, 3.63) is 42.4 Å². The molecule has 0 radical (unpaired) electrons. The van der Waals surface area contributed by atoms with Crippen LogP contribution in [-0.2, 0) is 0 Å². The molecule has 0 N–H and O–H groups in total. The number of hydrogen-bond acceptors (Lipinski definition) is 4. The smallest absolute Gasteiger partial charge is 0.178 e. The summed E-state index contributed by atoms with van der Waals surface area (Å²) < 4.78 is 0. The van der Waals surface area contributed by atoms with Gasteiger partial charge in [-0.1, -0.05) is 18.9 Å². The van der Waals surface area contributed by atoms with Crippen LogP contribution in [-0.4, -0.2) is 32.4 Å². The predicted molar refractivity (Wildman–Crippen MR) is 86.2 cm³/mol. The van der Waals surface area contributed by atoms with Gasteiger partial charge in [0.1, 0.15) is 5.69 Å². The lowest BCUT2D eigenvalue weighted by Crippen LogP contribution is -2.33. The normalized spacial score (nSPS) is 23.2. The molecule has 4 rings (SSSR count). The summed E-state index contributed by atoms with van der Waals surface area (Å²) in [6.07, 6.45) is 11.7.